The Morgan fingerprint density at radius 3 is 2.58 bits per heavy atom. The Morgan fingerprint density at radius 2 is 1.84 bits per heavy atom. The Labute approximate surface area is 244 Å². The number of ketones is 1. The van der Waals surface area contributed by atoms with Gasteiger partial charge in [0.15, 0.2) is 5.82 Å². The van der Waals surface area contributed by atoms with E-state index in [9.17, 15) is 22.8 Å². The fraction of sp³-hybridized carbons (Fsp3) is 0.290. The third-order valence-corrected chi connectivity index (χ3v) is 7.47. The quantitative estimate of drug-likeness (QED) is 0.187. The second-order valence-electron chi connectivity index (χ2n) is 10.9. The molecule has 0 aliphatic heterocycles. The van der Waals surface area contributed by atoms with Gasteiger partial charge in [-0.2, -0.15) is 5.10 Å². The number of alkyl halides is 3. The zero-order valence-electron chi connectivity index (χ0n) is 23.5. The molecule has 5 aromatic rings. The fourth-order valence-electron chi connectivity index (χ4n) is 5.53. The van der Waals surface area contributed by atoms with Gasteiger partial charge in [-0.05, 0) is 68.7 Å². The largest absolute Gasteiger partial charge is 0.573 e. The predicted octanol–water partition coefficient (Wildman–Crippen LogP) is 7.04. The van der Waals surface area contributed by atoms with Crippen LogP contribution in [0, 0.1) is 0 Å². The Kier molecular flexibility index (Phi) is 7.28. The number of H-pyrrole nitrogens is 1. The first kappa shape index (κ1) is 28.3. The molecule has 1 amide bonds. The van der Waals surface area contributed by atoms with E-state index in [0.29, 0.717) is 65.0 Å². The fourth-order valence-corrected chi connectivity index (χ4v) is 5.53. The Bertz CT molecular complexity index is 1830. The minimum absolute atomic E-state index is 0.00676. The number of hydrogen-bond donors (Lipinski definition) is 3. The van der Waals surface area contributed by atoms with Crippen LogP contribution in [0.4, 0.5) is 24.9 Å². The van der Waals surface area contributed by atoms with Crippen molar-refractivity contribution in [3.63, 3.8) is 0 Å². The van der Waals surface area contributed by atoms with Crippen molar-refractivity contribution in [1.82, 2.24) is 25.1 Å². The van der Waals surface area contributed by atoms with E-state index in [-0.39, 0.29) is 35.1 Å². The summed E-state index contributed by atoms with van der Waals surface area (Å²) in [5.41, 5.74) is 3.35. The van der Waals surface area contributed by atoms with Gasteiger partial charge >= 0.3 is 6.36 Å². The lowest BCUT2D eigenvalue weighted by molar-refractivity contribution is -0.274. The van der Waals surface area contributed by atoms with E-state index in [0.717, 1.165) is 5.52 Å². The first-order valence-corrected chi connectivity index (χ1v) is 14.0. The molecule has 0 saturated heterocycles. The summed E-state index contributed by atoms with van der Waals surface area (Å²) >= 11 is 0. The molecule has 3 N–H and O–H groups in total. The van der Waals surface area contributed by atoms with E-state index in [2.05, 4.69) is 25.6 Å². The summed E-state index contributed by atoms with van der Waals surface area (Å²) in [5, 5.41) is 14.2. The minimum Gasteiger partial charge on any atom is -0.405 e. The maximum atomic E-state index is 13.1. The standard InChI is InChI=1S/C31H29F3N6O3/c1-17(2)35-29(42)19-8-14-26-25(16-19)36-30(40(26)20-9-11-21(41)12-10-20)37-28-23-15-18(7-13-24(23)38-39-28)22-5-3-4-6-27(22)43-31(32,33)34/h3-8,13-17,20H,9-12H2,1-2H3,(H,35,42)(H2,36,37,38,39). The van der Waals surface area contributed by atoms with Gasteiger partial charge in [-0.3, -0.25) is 14.7 Å². The topological polar surface area (TPSA) is 114 Å². The number of halogens is 3. The van der Waals surface area contributed by atoms with Gasteiger partial charge < -0.3 is 19.9 Å². The van der Waals surface area contributed by atoms with Crippen LogP contribution >= 0.6 is 0 Å². The molecule has 0 spiro atoms. The first-order chi connectivity index (χ1) is 20.6. The molecule has 0 unspecified atom stereocenters. The van der Waals surface area contributed by atoms with Crippen molar-refractivity contribution in [2.24, 2.45) is 0 Å². The van der Waals surface area contributed by atoms with Crippen LogP contribution in [0.5, 0.6) is 5.75 Å². The van der Waals surface area contributed by atoms with Gasteiger partial charge in [0.2, 0.25) is 5.95 Å². The summed E-state index contributed by atoms with van der Waals surface area (Å²) in [6, 6.07) is 16.4. The van der Waals surface area contributed by atoms with Gasteiger partial charge in [-0.25, -0.2) is 4.98 Å². The highest BCUT2D eigenvalue weighted by Crippen LogP contribution is 2.38. The molecule has 0 bridgehead atoms. The number of imidazole rings is 1. The lowest BCUT2D eigenvalue weighted by Crippen LogP contribution is -2.30. The van der Waals surface area contributed by atoms with E-state index in [4.69, 9.17) is 4.98 Å². The zero-order chi connectivity index (χ0) is 30.3. The maximum absolute atomic E-state index is 13.1. The molecule has 0 radical (unpaired) electrons. The predicted molar refractivity (Wildman–Crippen MR) is 156 cm³/mol. The number of para-hydroxylation sites is 1. The average molecular weight is 591 g/mol. The molecule has 43 heavy (non-hydrogen) atoms. The number of rotatable bonds is 7. The van der Waals surface area contributed by atoms with Crippen LogP contribution in [0.1, 0.15) is 55.9 Å². The summed E-state index contributed by atoms with van der Waals surface area (Å²) in [6.07, 6.45) is -2.60. The van der Waals surface area contributed by atoms with Crippen LogP contribution in [0.15, 0.2) is 60.7 Å². The van der Waals surface area contributed by atoms with Crippen molar-refractivity contribution in [2.45, 2.75) is 58.0 Å². The summed E-state index contributed by atoms with van der Waals surface area (Å²) in [7, 11) is 0. The first-order valence-electron chi connectivity index (χ1n) is 14.0. The van der Waals surface area contributed by atoms with Gasteiger partial charge in [-0.15, -0.1) is 13.2 Å². The maximum Gasteiger partial charge on any atom is 0.573 e. The molecule has 9 nitrogen and oxygen atoms in total. The number of benzene rings is 3. The van der Waals surface area contributed by atoms with Crippen molar-refractivity contribution in [2.75, 3.05) is 5.32 Å². The highest BCUT2D eigenvalue weighted by molar-refractivity contribution is 5.99. The van der Waals surface area contributed by atoms with E-state index < -0.39 is 6.36 Å². The highest BCUT2D eigenvalue weighted by atomic mass is 19.4. The van der Waals surface area contributed by atoms with Crippen LogP contribution < -0.4 is 15.4 Å². The zero-order valence-corrected chi connectivity index (χ0v) is 23.5. The summed E-state index contributed by atoms with van der Waals surface area (Å²) in [6.45, 7) is 3.78. The molecule has 12 heteroatoms. The summed E-state index contributed by atoms with van der Waals surface area (Å²) in [4.78, 5) is 29.5. The number of nitrogens with one attached hydrogen (secondary N) is 3. The van der Waals surface area contributed by atoms with Crippen LogP contribution in [0.3, 0.4) is 0 Å². The van der Waals surface area contributed by atoms with Crippen molar-refractivity contribution < 1.29 is 27.5 Å². The van der Waals surface area contributed by atoms with Crippen LogP contribution in [0.2, 0.25) is 0 Å². The molecule has 6 rings (SSSR count). The number of aromatic nitrogens is 4. The van der Waals surface area contributed by atoms with Crippen molar-refractivity contribution in [1.29, 1.82) is 0 Å². The van der Waals surface area contributed by atoms with Crippen LogP contribution in [-0.4, -0.2) is 43.8 Å². The van der Waals surface area contributed by atoms with E-state index in [1.54, 1.807) is 42.5 Å². The normalized spacial score (nSPS) is 14.5. The van der Waals surface area contributed by atoms with Gasteiger partial charge in [0.25, 0.3) is 5.91 Å². The molecular formula is C31H29F3N6O3. The van der Waals surface area contributed by atoms with Crippen molar-refractivity contribution >= 4 is 45.4 Å². The number of carbonyl (C=O) groups is 2. The van der Waals surface area contributed by atoms with Crippen molar-refractivity contribution in [3.05, 3.63) is 66.2 Å². The highest BCUT2D eigenvalue weighted by Gasteiger charge is 2.32. The number of aromatic amines is 1. The number of nitrogens with zero attached hydrogens (tertiary/aromatic N) is 3. The smallest absolute Gasteiger partial charge is 0.405 e. The molecule has 222 valence electrons. The monoisotopic (exact) mass is 590 g/mol. The Hall–Kier alpha value is -4.87. The molecule has 1 aliphatic carbocycles. The minimum atomic E-state index is -4.83. The molecule has 2 aromatic heterocycles. The number of Topliss-reactive ketones (excluding diaryl/α,β-unsaturated/α-hetero) is 1. The second kappa shape index (κ2) is 11.1. The number of anilines is 2. The summed E-state index contributed by atoms with van der Waals surface area (Å²) < 4.78 is 45.5. The van der Waals surface area contributed by atoms with E-state index >= 15 is 0 Å². The number of fused-ring (bicyclic) bond motifs is 2. The molecular weight excluding hydrogens is 561 g/mol. The third kappa shape index (κ3) is 5.90. The lowest BCUT2D eigenvalue weighted by Gasteiger charge is -2.25. The van der Waals surface area contributed by atoms with Crippen LogP contribution in [-0.2, 0) is 4.79 Å². The van der Waals surface area contributed by atoms with Gasteiger partial charge in [0.1, 0.15) is 11.5 Å². The number of ether oxygens (including phenoxy) is 1. The molecule has 1 saturated carbocycles. The lowest BCUT2D eigenvalue weighted by atomic mass is 9.94. The van der Waals surface area contributed by atoms with Gasteiger partial charge in [0.05, 0.1) is 16.6 Å². The van der Waals surface area contributed by atoms with Gasteiger partial charge in [-0.1, -0.05) is 24.3 Å². The second-order valence-corrected chi connectivity index (χ2v) is 10.9. The average Bonchev–Trinajstić information content (AvgIpc) is 3.52. The number of hydrogen-bond acceptors (Lipinski definition) is 6. The van der Waals surface area contributed by atoms with Gasteiger partial charge in [0, 0.05) is 41.4 Å². The number of amides is 1. The summed E-state index contributed by atoms with van der Waals surface area (Å²) in [5.74, 6) is 0.620. The number of carbonyl (C=O) groups excluding carboxylic acids is 2. The molecule has 2 heterocycles. The Balaban J connectivity index is 1.41. The Morgan fingerprint density at radius 1 is 1.07 bits per heavy atom. The van der Waals surface area contributed by atoms with Crippen molar-refractivity contribution in [3.8, 4) is 16.9 Å². The van der Waals surface area contributed by atoms with E-state index in [1.807, 2.05) is 24.5 Å². The third-order valence-electron chi connectivity index (χ3n) is 7.47. The SMILES string of the molecule is CC(C)NC(=O)c1ccc2c(c1)nc(Nc1n[nH]c3ccc(-c4ccccc4OC(F)(F)F)cc13)n2C1CCC(=O)CC1. The molecule has 1 fully saturated rings. The van der Waals surface area contributed by atoms with E-state index in [1.165, 1.54) is 12.1 Å². The molecule has 3 aromatic carbocycles. The molecule has 1 aliphatic rings. The van der Waals surface area contributed by atoms with Crippen LogP contribution in [0.25, 0.3) is 33.1 Å². The molecule has 0 atom stereocenters.